The number of aromatic hydroxyl groups is 1. The van der Waals surface area contributed by atoms with Gasteiger partial charge in [-0.15, -0.1) is 0 Å². The van der Waals surface area contributed by atoms with Crippen LogP contribution >= 0.6 is 11.3 Å². The van der Waals surface area contributed by atoms with Gasteiger partial charge in [-0.1, -0.05) is 17.4 Å². The minimum Gasteiger partial charge on any atom is -0.507 e. The third kappa shape index (κ3) is 4.24. The number of hydrogen-bond donors (Lipinski definition) is 2. The summed E-state index contributed by atoms with van der Waals surface area (Å²) in [5.74, 6) is -0.452. The maximum atomic E-state index is 13.6. The number of phenolic OH excluding ortho intramolecular Hbond substituents is 1. The molecule has 6 rings (SSSR count). The van der Waals surface area contributed by atoms with Crippen molar-refractivity contribution in [2.75, 3.05) is 31.8 Å². The molecule has 40 heavy (non-hydrogen) atoms. The summed E-state index contributed by atoms with van der Waals surface area (Å²) in [4.78, 5) is 33.1. The van der Waals surface area contributed by atoms with Crippen LogP contribution in [0, 0.1) is 0 Å². The van der Waals surface area contributed by atoms with Crippen LogP contribution in [-0.4, -0.2) is 53.8 Å². The number of Topliss-reactive ketones (excluding diaryl/α,β-unsaturated/α-hetero) is 1. The van der Waals surface area contributed by atoms with E-state index < -0.39 is 17.7 Å². The van der Waals surface area contributed by atoms with Gasteiger partial charge in [-0.25, -0.2) is 4.98 Å². The number of carbonyl (C=O) groups is 2. The van der Waals surface area contributed by atoms with E-state index in [1.807, 2.05) is 0 Å². The molecule has 1 fully saturated rings. The van der Waals surface area contributed by atoms with E-state index in [1.165, 1.54) is 22.3 Å². The number of phenols is 1. The van der Waals surface area contributed by atoms with Gasteiger partial charge in [0.15, 0.2) is 28.1 Å². The lowest BCUT2D eigenvalue weighted by Gasteiger charge is -2.24. The first-order valence-corrected chi connectivity index (χ1v) is 13.3. The van der Waals surface area contributed by atoms with Gasteiger partial charge in [0.25, 0.3) is 5.78 Å². The molecule has 1 amide bonds. The molecule has 10 nitrogen and oxygen atoms in total. The van der Waals surface area contributed by atoms with E-state index in [0.717, 1.165) is 4.70 Å². The first kappa shape index (κ1) is 25.5. The molecule has 0 spiro atoms. The Hall–Kier alpha value is -4.77. The van der Waals surface area contributed by atoms with Gasteiger partial charge in [0.05, 0.1) is 35.5 Å². The summed E-state index contributed by atoms with van der Waals surface area (Å²) in [6, 6.07) is 13.6. The molecule has 0 radical (unpaired) electrons. The van der Waals surface area contributed by atoms with Crippen LogP contribution in [0.4, 0.5) is 5.13 Å². The number of methoxy groups -OCH3 is 1. The highest BCUT2D eigenvalue weighted by atomic mass is 32.1. The van der Waals surface area contributed by atoms with E-state index in [2.05, 4.69) is 4.98 Å². The number of aliphatic hydroxyl groups excluding tert-OH is 1. The topological polar surface area (TPSA) is 128 Å². The predicted molar refractivity (Wildman–Crippen MR) is 148 cm³/mol. The number of nitrogens with zero attached hydrogens (tertiary/aromatic N) is 2. The van der Waals surface area contributed by atoms with Crippen LogP contribution in [0.1, 0.15) is 24.1 Å². The van der Waals surface area contributed by atoms with E-state index in [9.17, 15) is 19.8 Å². The van der Waals surface area contributed by atoms with Crippen molar-refractivity contribution in [3.63, 3.8) is 0 Å². The number of hydrogen-bond acceptors (Lipinski definition) is 10. The number of carbonyl (C=O) groups excluding carboxylic acids is 2. The van der Waals surface area contributed by atoms with E-state index in [4.69, 9.17) is 18.9 Å². The molecule has 0 aliphatic carbocycles. The van der Waals surface area contributed by atoms with Gasteiger partial charge in [-0.05, 0) is 61.0 Å². The lowest BCUT2D eigenvalue weighted by Crippen LogP contribution is -2.29. The highest BCUT2D eigenvalue weighted by Gasteiger charge is 2.48. The first-order valence-electron chi connectivity index (χ1n) is 12.5. The van der Waals surface area contributed by atoms with Crippen LogP contribution in [0.5, 0.6) is 28.7 Å². The van der Waals surface area contributed by atoms with E-state index >= 15 is 0 Å². The third-order valence-electron chi connectivity index (χ3n) is 6.65. The van der Waals surface area contributed by atoms with Crippen LogP contribution < -0.4 is 23.8 Å². The van der Waals surface area contributed by atoms with E-state index in [-0.39, 0.29) is 40.1 Å². The summed E-state index contributed by atoms with van der Waals surface area (Å²) < 4.78 is 22.9. The van der Waals surface area contributed by atoms with Crippen molar-refractivity contribution in [3.05, 3.63) is 71.3 Å². The monoisotopic (exact) mass is 560 g/mol. The lowest BCUT2D eigenvalue weighted by molar-refractivity contribution is -0.132. The molecule has 2 aliphatic heterocycles. The first-order chi connectivity index (χ1) is 19.4. The van der Waals surface area contributed by atoms with Crippen molar-refractivity contribution >= 4 is 44.1 Å². The van der Waals surface area contributed by atoms with Crippen LogP contribution in [0.25, 0.3) is 16.0 Å². The molecule has 0 bridgehead atoms. The zero-order chi connectivity index (χ0) is 28.0. The summed E-state index contributed by atoms with van der Waals surface area (Å²) in [5, 5.41) is 22.1. The predicted octanol–water partition coefficient (Wildman–Crippen LogP) is 4.81. The van der Waals surface area contributed by atoms with Crippen molar-refractivity contribution in [1.82, 2.24) is 4.98 Å². The number of ether oxygens (including phenoxy) is 4. The molecule has 1 unspecified atom stereocenters. The zero-order valence-electron chi connectivity index (χ0n) is 21.5. The molecule has 3 aromatic carbocycles. The Balaban J connectivity index is 1.54. The maximum absolute atomic E-state index is 13.6. The molecule has 3 heterocycles. The summed E-state index contributed by atoms with van der Waals surface area (Å²) in [6.07, 6.45) is 0. The average molecular weight is 561 g/mol. The van der Waals surface area contributed by atoms with Gasteiger partial charge in [0, 0.05) is 5.56 Å². The molecule has 4 aromatic rings. The Morgan fingerprint density at radius 1 is 1.07 bits per heavy atom. The standard InChI is InChI=1S/C29H24N2O8S/c1-3-37-21-12-15(4-8-19(21)32)25-24(26(33)16-5-9-20-22(13-16)39-11-10-38-20)27(34)28(35)31(25)29-30-18-7-6-17(36-2)14-23(18)40-29/h4-9,12-14,25,32-33H,3,10-11H2,1-2H3/b26-24+. The Bertz CT molecular complexity index is 1690. The Morgan fingerprint density at radius 3 is 2.65 bits per heavy atom. The molecule has 2 N–H and O–H groups in total. The van der Waals surface area contributed by atoms with Crippen molar-refractivity contribution in [3.8, 4) is 28.7 Å². The second kappa shape index (κ2) is 10.1. The minimum atomic E-state index is -1.06. The van der Waals surface area contributed by atoms with Crippen molar-refractivity contribution in [2.45, 2.75) is 13.0 Å². The number of ketones is 1. The van der Waals surface area contributed by atoms with Crippen LogP contribution in [0.15, 0.2) is 60.2 Å². The zero-order valence-corrected chi connectivity index (χ0v) is 22.4. The van der Waals surface area contributed by atoms with Gasteiger partial charge >= 0.3 is 5.91 Å². The highest BCUT2D eigenvalue weighted by Crippen LogP contribution is 2.46. The van der Waals surface area contributed by atoms with Gasteiger partial charge in [-0.3, -0.25) is 14.5 Å². The largest absolute Gasteiger partial charge is 0.507 e. The van der Waals surface area contributed by atoms with Crippen LogP contribution in [0.2, 0.25) is 0 Å². The number of anilines is 1. The molecule has 1 atom stereocenters. The number of aromatic nitrogens is 1. The summed E-state index contributed by atoms with van der Waals surface area (Å²) in [5.41, 5.74) is 1.21. The molecule has 2 aliphatic rings. The SMILES string of the molecule is CCOc1cc(C2/C(=C(\O)c3ccc4c(c3)OCCO4)C(=O)C(=O)N2c2nc3ccc(OC)cc3s2)ccc1O. The summed E-state index contributed by atoms with van der Waals surface area (Å²) in [6.45, 7) is 2.81. The third-order valence-corrected chi connectivity index (χ3v) is 7.67. The minimum absolute atomic E-state index is 0.0959. The number of fused-ring (bicyclic) bond motifs is 2. The van der Waals surface area contributed by atoms with Gasteiger partial charge in [-0.2, -0.15) is 0 Å². The molecule has 11 heteroatoms. The quantitative estimate of drug-likeness (QED) is 0.194. The molecule has 1 saturated heterocycles. The Labute approximate surface area is 232 Å². The molecule has 1 aromatic heterocycles. The fourth-order valence-electron chi connectivity index (χ4n) is 4.79. The Kier molecular flexibility index (Phi) is 6.43. The van der Waals surface area contributed by atoms with Crippen LogP contribution in [-0.2, 0) is 9.59 Å². The number of benzene rings is 3. The Morgan fingerprint density at radius 2 is 1.88 bits per heavy atom. The molecule has 0 saturated carbocycles. The second-order valence-corrected chi connectivity index (χ2v) is 10.0. The van der Waals surface area contributed by atoms with Gasteiger partial charge < -0.3 is 29.2 Å². The molecular formula is C29H24N2O8S. The highest BCUT2D eigenvalue weighted by molar-refractivity contribution is 7.22. The fourth-order valence-corrected chi connectivity index (χ4v) is 5.81. The normalized spacial score (nSPS) is 17.9. The molecular weight excluding hydrogens is 536 g/mol. The number of amides is 1. The van der Waals surface area contributed by atoms with Crippen molar-refractivity contribution in [1.29, 1.82) is 0 Å². The lowest BCUT2D eigenvalue weighted by atomic mass is 9.95. The van der Waals surface area contributed by atoms with Gasteiger partial charge in [0.1, 0.15) is 24.7 Å². The second-order valence-electron chi connectivity index (χ2n) is 9.02. The van der Waals surface area contributed by atoms with E-state index in [0.29, 0.717) is 41.5 Å². The fraction of sp³-hybridized carbons (Fsp3) is 0.207. The number of rotatable bonds is 6. The summed E-state index contributed by atoms with van der Waals surface area (Å²) >= 11 is 1.21. The number of thiazole rings is 1. The summed E-state index contributed by atoms with van der Waals surface area (Å²) in [7, 11) is 1.56. The van der Waals surface area contributed by atoms with Crippen molar-refractivity contribution < 1.29 is 38.7 Å². The number of aliphatic hydroxyl groups is 1. The smallest absolute Gasteiger partial charge is 0.301 e. The molecule has 204 valence electrons. The average Bonchev–Trinajstić information content (AvgIpc) is 3.51. The van der Waals surface area contributed by atoms with Gasteiger partial charge in [0.2, 0.25) is 0 Å². The maximum Gasteiger partial charge on any atom is 0.301 e. The van der Waals surface area contributed by atoms with E-state index in [1.54, 1.807) is 62.6 Å². The van der Waals surface area contributed by atoms with Crippen LogP contribution in [0.3, 0.4) is 0 Å². The van der Waals surface area contributed by atoms with Crippen molar-refractivity contribution in [2.24, 2.45) is 0 Å².